The molecule has 19 heavy (non-hydrogen) atoms. The van der Waals surface area contributed by atoms with E-state index in [1.165, 1.54) is 17.8 Å². The molecule has 2 N–H and O–H groups in total. The van der Waals surface area contributed by atoms with Gasteiger partial charge in [-0.1, -0.05) is 6.92 Å². The molecule has 0 bridgehead atoms. The molecule has 4 nitrogen and oxygen atoms in total. The molecule has 2 heterocycles. The van der Waals surface area contributed by atoms with Gasteiger partial charge in [-0.2, -0.15) is 0 Å². The van der Waals surface area contributed by atoms with Crippen LogP contribution in [0.5, 0.6) is 0 Å². The van der Waals surface area contributed by atoms with Gasteiger partial charge < -0.3 is 10.6 Å². The summed E-state index contributed by atoms with van der Waals surface area (Å²) in [4.78, 5) is 18.9. The molecule has 100 valence electrons. The van der Waals surface area contributed by atoms with Crippen molar-refractivity contribution in [3.63, 3.8) is 0 Å². The Kier molecular flexibility index (Phi) is 2.93. The summed E-state index contributed by atoms with van der Waals surface area (Å²) in [6, 6.07) is 1.86. The molecule has 2 atom stereocenters. The Balaban J connectivity index is 1.86. The summed E-state index contributed by atoms with van der Waals surface area (Å²) >= 11 is 1.43. The molecule has 3 rings (SSSR count). The molecule has 5 heteroatoms. The average molecular weight is 275 g/mol. The van der Waals surface area contributed by atoms with Crippen molar-refractivity contribution in [3.05, 3.63) is 23.3 Å². The second kappa shape index (κ2) is 4.49. The molecule has 0 saturated heterocycles. The summed E-state index contributed by atoms with van der Waals surface area (Å²) in [6.45, 7) is 3.05. The molecule has 2 aromatic heterocycles. The largest absolute Gasteiger partial charge is 0.397 e. The van der Waals surface area contributed by atoms with E-state index in [4.69, 9.17) is 5.73 Å². The minimum atomic E-state index is 0.0257. The molecular formula is C14H17N3OS. The van der Waals surface area contributed by atoms with Gasteiger partial charge in [0, 0.05) is 31.4 Å². The van der Waals surface area contributed by atoms with Crippen molar-refractivity contribution >= 4 is 33.0 Å². The minimum absolute atomic E-state index is 0.0257. The van der Waals surface area contributed by atoms with Crippen molar-refractivity contribution in [2.24, 2.45) is 11.8 Å². The fourth-order valence-corrected chi connectivity index (χ4v) is 3.48. The van der Waals surface area contributed by atoms with Crippen LogP contribution in [0.25, 0.3) is 10.1 Å². The molecular weight excluding hydrogens is 258 g/mol. The lowest BCUT2D eigenvalue weighted by atomic mass is 10.2. The topological polar surface area (TPSA) is 59.2 Å². The Bertz CT molecular complexity index is 637. The molecule has 0 spiro atoms. The summed E-state index contributed by atoms with van der Waals surface area (Å²) in [5.74, 6) is 1.43. The molecule has 2 unspecified atom stereocenters. The van der Waals surface area contributed by atoms with Crippen molar-refractivity contribution < 1.29 is 4.79 Å². The molecule has 1 aliphatic rings. The highest BCUT2D eigenvalue weighted by Crippen LogP contribution is 2.39. The smallest absolute Gasteiger partial charge is 0.265 e. The van der Waals surface area contributed by atoms with Gasteiger partial charge in [0.1, 0.15) is 4.88 Å². The van der Waals surface area contributed by atoms with Gasteiger partial charge in [0.05, 0.1) is 10.4 Å². The predicted molar refractivity (Wildman–Crippen MR) is 78.3 cm³/mol. The van der Waals surface area contributed by atoms with Crippen LogP contribution in [0, 0.1) is 11.8 Å². The summed E-state index contributed by atoms with van der Waals surface area (Å²) in [6.07, 6.45) is 4.69. The second-order valence-electron chi connectivity index (χ2n) is 5.38. The second-order valence-corrected chi connectivity index (χ2v) is 6.43. The maximum absolute atomic E-state index is 12.4. The van der Waals surface area contributed by atoms with Gasteiger partial charge in [-0.05, 0) is 24.3 Å². The summed E-state index contributed by atoms with van der Waals surface area (Å²) in [7, 11) is 1.86. The first-order valence-corrected chi connectivity index (χ1v) is 7.27. The number of nitrogens with zero attached hydrogens (tertiary/aromatic N) is 2. The highest BCUT2D eigenvalue weighted by Gasteiger charge is 2.34. The van der Waals surface area contributed by atoms with Crippen LogP contribution in [0.4, 0.5) is 5.69 Å². The van der Waals surface area contributed by atoms with E-state index in [0.29, 0.717) is 16.5 Å². The first-order chi connectivity index (χ1) is 9.08. The van der Waals surface area contributed by atoms with Gasteiger partial charge in [-0.3, -0.25) is 9.78 Å². The van der Waals surface area contributed by atoms with Gasteiger partial charge >= 0.3 is 0 Å². The zero-order valence-corrected chi connectivity index (χ0v) is 11.9. The number of aromatic nitrogens is 1. The fourth-order valence-electron chi connectivity index (χ4n) is 2.39. The predicted octanol–water partition coefficient (Wildman–Crippen LogP) is 2.61. The van der Waals surface area contributed by atoms with E-state index >= 15 is 0 Å². The van der Waals surface area contributed by atoms with Crippen LogP contribution in [-0.4, -0.2) is 29.4 Å². The number of thiophene rings is 1. The number of rotatable bonds is 3. The van der Waals surface area contributed by atoms with Crippen molar-refractivity contribution in [2.75, 3.05) is 19.3 Å². The zero-order chi connectivity index (χ0) is 13.6. The number of hydrogen-bond acceptors (Lipinski definition) is 4. The first-order valence-electron chi connectivity index (χ1n) is 6.45. The summed E-state index contributed by atoms with van der Waals surface area (Å²) in [5, 5.41) is 0.927. The van der Waals surface area contributed by atoms with E-state index in [0.717, 1.165) is 22.5 Å². The fraction of sp³-hybridized carbons (Fsp3) is 0.429. The van der Waals surface area contributed by atoms with Crippen LogP contribution in [0.15, 0.2) is 18.5 Å². The number of hydrogen-bond donors (Lipinski definition) is 1. The van der Waals surface area contributed by atoms with Crippen LogP contribution in [0.3, 0.4) is 0 Å². The Morgan fingerprint density at radius 1 is 1.63 bits per heavy atom. The number of nitrogens with two attached hydrogens (primary N) is 1. The lowest BCUT2D eigenvalue weighted by Crippen LogP contribution is -2.28. The molecule has 1 amide bonds. The van der Waals surface area contributed by atoms with Crippen molar-refractivity contribution in [2.45, 2.75) is 13.3 Å². The lowest BCUT2D eigenvalue weighted by molar-refractivity contribution is 0.0793. The molecule has 1 saturated carbocycles. The number of fused-ring (bicyclic) bond motifs is 1. The highest BCUT2D eigenvalue weighted by molar-refractivity contribution is 7.21. The number of carbonyl (C=O) groups excluding carboxylic acids is 1. The Morgan fingerprint density at radius 3 is 3.00 bits per heavy atom. The normalized spacial score (nSPS) is 21.6. The Labute approximate surface area is 116 Å². The van der Waals surface area contributed by atoms with Gasteiger partial charge in [-0.25, -0.2) is 0 Å². The first kappa shape index (κ1) is 12.4. The highest BCUT2D eigenvalue weighted by atomic mass is 32.1. The Hall–Kier alpha value is -1.62. The van der Waals surface area contributed by atoms with Gasteiger partial charge in [0.25, 0.3) is 5.91 Å². The molecule has 1 aliphatic carbocycles. The third-order valence-electron chi connectivity index (χ3n) is 3.86. The number of amides is 1. The van der Waals surface area contributed by atoms with Crippen LogP contribution in [-0.2, 0) is 0 Å². The molecule has 0 aromatic carbocycles. The van der Waals surface area contributed by atoms with Crippen LogP contribution >= 0.6 is 11.3 Å². The number of carbonyl (C=O) groups is 1. The van der Waals surface area contributed by atoms with Gasteiger partial charge in [0.2, 0.25) is 0 Å². The number of pyridine rings is 1. The van der Waals surface area contributed by atoms with E-state index < -0.39 is 0 Å². The standard InChI is InChI=1S/C14H17N3OS/c1-8-5-9(8)7-17(2)14(18)13-12(15)10-3-4-16-6-11(10)19-13/h3-4,6,8-9H,5,7,15H2,1-2H3. The van der Waals surface area contributed by atoms with E-state index in [9.17, 15) is 4.79 Å². The molecule has 0 aliphatic heterocycles. The quantitative estimate of drug-likeness (QED) is 0.936. The number of nitrogen functional groups attached to an aromatic ring is 1. The van der Waals surface area contributed by atoms with Crippen molar-refractivity contribution in [1.82, 2.24) is 9.88 Å². The third kappa shape index (κ3) is 2.18. The average Bonchev–Trinajstić information content (AvgIpc) is 2.98. The Morgan fingerprint density at radius 2 is 2.37 bits per heavy atom. The summed E-state index contributed by atoms with van der Waals surface area (Å²) < 4.78 is 0.969. The van der Waals surface area contributed by atoms with Crippen molar-refractivity contribution in [1.29, 1.82) is 0 Å². The van der Waals surface area contributed by atoms with Crippen LogP contribution < -0.4 is 5.73 Å². The molecule has 2 aromatic rings. The van der Waals surface area contributed by atoms with E-state index in [1.54, 1.807) is 17.3 Å². The SMILES string of the molecule is CC1CC1CN(C)C(=O)c1sc2cnccc2c1N. The van der Waals surface area contributed by atoms with Gasteiger partial charge in [-0.15, -0.1) is 11.3 Å². The molecule has 0 radical (unpaired) electrons. The third-order valence-corrected chi connectivity index (χ3v) is 5.00. The number of anilines is 1. The van der Waals surface area contributed by atoms with E-state index in [2.05, 4.69) is 11.9 Å². The van der Waals surface area contributed by atoms with Crippen molar-refractivity contribution in [3.8, 4) is 0 Å². The van der Waals surface area contributed by atoms with Crippen LogP contribution in [0.1, 0.15) is 23.0 Å². The van der Waals surface area contributed by atoms with E-state index in [-0.39, 0.29) is 5.91 Å². The van der Waals surface area contributed by atoms with Crippen LogP contribution in [0.2, 0.25) is 0 Å². The zero-order valence-electron chi connectivity index (χ0n) is 11.1. The van der Waals surface area contributed by atoms with E-state index in [1.807, 2.05) is 13.1 Å². The summed E-state index contributed by atoms with van der Waals surface area (Å²) in [5.41, 5.74) is 6.67. The minimum Gasteiger partial charge on any atom is -0.397 e. The maximum atomic E-state index is 12.4. The maximum Gasteiger partial charge on any atom is 0.265 e. The van der Waals surface area contributed by atoms with Gasteiger partial charge in [0.15, 0.2) is 0 Å². The monoisotopic (exact) mass is 275 g/mol. The lowest BCUT2D eigenvalue weighted by Gasteiger charge is -2.16. The molecule has 1 fully saturated rings.